The zero-order valence-corrected chi connectivity index (χ0v) is 22.4. The summed E-state index contributed by atoms with van der Waals surface area (Å²) in [7, 11) is 0. The van der Waals surface area contributed by atoms with Crippen molar-refractivity contribution in [2.45, 2.75) is 19.3 Å². The number of thiophene rings is 3. The van der Waals surface area contributed by atoms with Crippen LogP contribution in [0.15, 0.2) is 88.5 Å². The number of aryl methyl sites for hydroxylation is 1. The molecular formula is C30H22OS4. The van der Waals surface area contributed by atoms with Crippen LogP contribution in [0.3, 0.4) is 0 Å². The lowest BCUT2D eigenvalue weighted by atomic mass is 9.91. The topological polar surface area (TPSA) is 17.1 Å². The van der Waals surface area contributed by atoms with Gasteiger partial charge in [-0.05, 0) is 87.1 Å². The summed E-state index contributed by atoms with van der Waals surface area (Å²) in [5, 5.41) is 7.89. The van der Waals surface area contributed by atoms with Crippen molar-refractivity contribution in [2.24, 2.45) is 0 Å². The van der Waals surface area contributed by atoms with E-state index >= 15 is 0 Å². The van der Waals surface area contributed by atoms with Crippen molar-refractivity contribution in [1.29, 1.82) is 0 Å². The third-order valence-corrected chi connectivity index (χ3v) is 9.89. The molecule has 6 rings (SSSR count). The zero-order valence-electron chi connectivity index (χ0n) is 19.0. The molecule has 0 spiro atoms. The molecule has 0 aliphatic heterocycles. The number of ketones is 1. The van der Waals surface area contributed by atoms with Gasteiger partial charge in [0.2, 0.25) is 0 Å². The average molecular weight is 527 g/mol. The second kappa shape index (κ2) is 9.40. The predicted molar refractivity (Wildman–Crippen MR) is 159 cm³/mol. The number of Topliss-reactive ketones (excluding diaryl/α,β-unsaturated/α-hetero) is 1. The molecule has 0 amide bonds. The Morgan fingerprint density at radius 3 is 2.34 bits per heavy atom. The maximum absolute atomic E-state index is 13.6. The number of carbonyl (C=O) groups is 1. The largest absolute Gasteiger partial charge is 0.293 e. The molecule has 3 aromatic heterocycles. The lowest BCUT2D eigenvalue weighted by molar-refractivity contribution is 0.0982. The highest BCUT2D eigenvalue weighted by atomic mass is 32.1. The van der Waals surface area contributed by atoms with Crippen LogP contribution >= 0.6 is 46.6 Å². The van der Waals surface area contributed by atoms with Gasteiger partial charge in [-0.15, -0.1) is 46.6 Å². The van der Waals surface area contributed by atoms with Crippen LogP contribution in [0.2, 0.25) is 0 Å². The van der Waals surface area contributed by atoms with Crippen molar-refractivity contribution in [3.63, 3.8) is 0 Å². The molecule has 5 heteroatoms. The van der Waals surface area contributed by atoms with Crippen molar-refractivity contribution in [2.75, 3.05) is 0 Å². The molecule has 0 bridgehead atoms. The van der Waals surface area contributed by atoms with E-state index in [-0.39, 0.29) is 11.7 Å². The van der Waals surface area contributed by atoms with Crippen molar-refractivity contribution >= 4 is 88.8 Å². The molecule has 1 nitrogen and oxygen atoms in total. The van der Waals surface area contributed by atoms with E-state index in [1.807, 2.05) is 18.2 Å². The van der Waals surface area contributed by atoms with Crippen molar-refractivity contribution in [3.8, 4) is 0 Å². The van der Waals surface area contributed by atoms with Crippen LogP contribution in [0.25, 0.3) is 36.3 Å². The fraction of sp³-hybridized carbons (Fsp3) is 0.100. The van der Waals surface area contributed by atoms with Gasteiger partial charge in [-0.1, -0.05) is 36.4 Å². The summed E-state index contributed by atoms with van der Waals surface area (Å²) in [5.74, 6) is 0.0561. The summed E-state index contributed by atoms with van der Waals surface area (Å²) >= 11 is 10.1. The minimum Gasteiger partial charge on any atom is -0.293 e. The van der Waals surface area contributed by atoms with Crippen LogP contribution in [-0.4, -0.2) is 5.78 Å². The van der Waals surface area contributed by atoms with E-state index in [0.29, 0.717) is 6.42 Å². The number of rotatable bonds is 6. The number of fused-ring (bicyclic) bond motifs is 4. The Balaban J connectivity index is 1.39. The average Bonchev–Trinajstić information content (AvgIpc) is 3.63. The Kier molecular flexibility index (Phi) is 6.11. The van der Waals surface area contributed by atoms with Crippen molar-refractivity contribution in [1.82, 2.24) is 0 Å². The van der Waals surface area contributed by atoms with Gasteiger partial charge in [0.25, 0.3) is 0 Å². The molecular weight excluding hydrogens is 505 g/mol. The fourth-order valence-electron chi connectivity index (χ4n) is 4.68. The Hall–Kier alpha value is -2.70. The van der Waals surface area contributed by atoms with Gasteiger partial charge in [0.1, 0.15) is 0 Å². The quantitative estimate of drug-likeness (QED) is 0.169. The molecule has 1 unspecified atom stereocenters. The van der Waals surface area contributed by atoms with E-state index in [1.165, 1.54) is 36.7 Å². The molecule has 35 heavy (non-hydrogen) atoms. The summed E-state index contributed by atoms with van der Waals surface area (Å²) in [5.41, 5.74) is 3.51. The third-order valence-electron chi connectivity index (χ3n) is 6.54. The third kappa shape index (κ3) is 4.27. The van der Waals surface area contributed by atoms with E-state index in [2.05, 4.69) is 78.4 Å². The first-order chi connectivity index (χ1) is 17.1. The lowest BCUT2D eigenvalue weighted by Crippen LogP contribution is -2.07. The number of thiol groups is 1. The molecule has 6 aromatic rings. The molecule has 0 fully saturated rings. The van der Waals surface area contributed by atoms with Crippen molar-refractivity contribution < 1.29 is 4.79 Å². The summed E-state index contributed by atoms with van der Waals surface area (Å²) < 4.78 is 3.69. The summed E-state index contributed by atoms with van der Waals surface area (Å²) in [4.78, 5) is 15.3. The summed E-state index contributed by atoms with van der Waals surface area (Å²) in [6, 6.07) is 25.3. The monoisotopic (exact) mass is 526 g/mol. The van der Waals surface area contributed by atoms with Gasteiger partial charge in [-0.25, -0.2) is 0 Å². The van der Waals surface area contributed by atoms with E-state index in [0.717, 1.165) is 20.0 Å². The summed E-state index contributed by atoms with van der Waals surface area (Å²) in [6.45, 7) is 2.13. The zero-order chi connectivity index (χ0) is 23.9. The van der Waals surface area contributed by atoms with E-state index in [9.17, 15) is 4.79 Å². The number of hydrogen-bond acceptors (Lipinski definition) is 5. The molecule has 0 radical (unpaired) electrons. The Morgan fingerprint density at radius 2 is 1.54 bits per heavy atom. The Morgan fingerprint density at radius 1 is 0.857 bits per heavy atom. The van der Waals surface area contributed by atoms with Gasteiger partial charge in [0.15, 0.2) is 5.78 Å². The second-order valence-corrected chi connectivity index (χ2v) is 12.2. The molecule has 3 aromatic carbocycles. The molecule has 0 saturated heterocycles. The molecule has 0 aliphatic carbocycles. The van der Waals surface area contributed by atoms with Crippen LogP contribution in [0.5, 0.6) is 0 Å². The van der Waals surface area contributed by atoms with Crippen molar-refractivity contribution in [3.05, 3.63) is 110 Å². The Labute approximate surface area is 221 Å². The fourth-order valence-corrected chi connectivity index (χ4v) is 7.68. The predicted octanol–water partition coefficient (Wildman–Crippen LogP) is 9.97. The molecule has 1 atom stereocenters. The minimum atomic E-state index is -0.105. The number of carbonyl (C=O) groups excluding carboxylic acids is 1. The first-order valence-corrected chi connectivity index (χ1v) is 14.5. The minimum absolute atomic E-state index is 0.105. The van der Waals surface area contributed by atoms with E-state index in [1.54, 1.807) is 34.0 Å². The maximum Gasteiger partial charge on any atom is 0.173 e. The van der Waals surface area contributed by atoms with Crippen LogP contribution in [0, 0.1) is 6.92 Å². The molecule has 172 valence electrons. The SMILES string of the molecule is Cc1ccc2sccc2c1/C=C(\S)C(CC(=O)c1cc2c(ccc3sccc32)s1)c1ccccc1. The first-order valence-electron chi connectivity index (χ1n) is 11.4. The maximum atomic E-state index is 13.6. The van der Waals surface area contributed by atoms with Gasteiger partial charge in [-0.2, -0.15) is 0 Å². The van der Waals surface area contributed by atoms with Crippen LogP contribution in [-0.2, 0) is 0 Å². The van der Waals surface area contributed by atoms with Gasteiger partial charge < -0.3 is 0 Å². The number of hydrogen-bond donors (Lipinski definition) is 1. The van der Waals surface area contributed by atoms with Crippen LogP contribution in [0.1, 0.15) is 38.7 Å². The van der Waals surface area contributed by atoms with Gasteiger partial charge in [-0.3, -0.25) is 4.79 Å². The highest BCUT2D eigenvalue weighted by Crippen LogP contribution is 2.39. The van der Waals surface area contributed by atoms with E-state index in [4.69, 9.17) is 12.6 Å². The lowest BCUT2D eigenvalue weighted by Gasteiger charge is -2.18. The smallest absolute Gasteiger partial charge is 0.173 e. The second-order valence-electron chi connectivity index (χ2n) is 8.71. The molecule has 0 N–H and O–H groups in total. The number of allylic oxidation sites excluding steroid dienone is 1. The highest BCUT2D eigenvalue weighted by molar-refractivity contribution is 7.84. The number of benzene rings is 3. The highest BCUT2D eigenvalue weighted by Gasteiger charge is 2.22. The normalized spacial score (nSPS) is 13.1. The molecule has 0 saturated carbocycles. The Bertz CT molecular complexity index is 1720. The standard InChI is InChI=1S/C30H22OS4/c1-18-7-8-27-20(11-13-33-27)22(18)16-26(32)23(19-5-3-2-4-6-19)15-25(31)30-17-24-21-12-14-34-28(21)9-10-29(24)35-30/h2-14,16-17,23,32H,15H2,1H3/b26-16-. The van der Waals surface area contributed by atoms with Gasteiger partial charge >= 0.3 is 0 Å². The summed E-state index contributed by atoms with van der Waals surface area (Å²) in [6.07, 6.45) is 2.55. The van der Waals surface area contributed by atoms with E-state index < -0.39 is 0 Å². The molecule has 3 heterocycles. The van der Waals surface area contributed by atoms with Crippen LogP contribution < -0.4 is 0 Å². The molecule has 0 aliphatic rings. The van der Waals surface area contributed by atoms with Gasteiger partial charge in [0, 0.05) is 37.2 Å². The van der Waals surface area contributed by atoms with Crippen LogP contribution in [0.4, 0.5) is 0 Å². The van der Waals surface area contributed by atoms with Gasteiger partial charge in [0.05, 0.1) is 4.88 Å². The first kappa shape index (κ1) is 22.7.